The summed E-state index contributed by atoms with van der Waals surface area (Å²) in [5, 5.41) is 12.7. The quantitative estimate of drug-likeness (QED) is 0.393. The van der Waals surface area contributed by atoms with Gasteiger partial charge in [-0.1, -0.05) is 69.3 Å². The Kier molecular flexibility index (Phi) is 8.36. The first-order valence-electron chi connectivity index (χ1n) is 11.5. The monoisotopic (exact) mass is 463 g/mol. The van der Waals surface area contributed by atoms with Gasteiger partial charge in [0.2, 0.25) is 17.6 Å². The Morgan fingerprint density at radius 1 is 1.06 bits per heavy atom. The number of carbonyl (C=O) groups is 2. The van der Waals surface area contributed by atoms with Crippen molar-refractivity contribution in [2.75, 3.05) is 0 Å². The molecule has 7 heteroatoms. The Morgan fingerprint density at radius 2 is 1.68 bits per heavy atom. The number of hydrogen-bond acceptors (Lipinski definition) is 6. The van der Waals surface area contributed by atoms with E-state index in [1.807, 2.05) is 69.3 Å². The Morgan fingerprint density at radius 3 is 2.26 bits per heavy atom. The lowest BCUT2D eigenvalue weighted by molar-refractivity contribution is -0.123. The predicted molar refractivity (Wildman–Crippen MR) is 131 cm³/mol. The molecule has 0 fully saturated rings. The molecule has 0 saturated heterocycles. The van der Waals surface area contributed by atoms with E-state index in [0.29, 0.717) is 24.8 Å². The molecule has 0 spiro atoms. The highest BCUT2D eigenvalue weighted by molar-refractivity contribution is 6.01. The number of aliphatic hydroxyl groups excluding tert-OH is 1. The highest BCUT2D eigenvalue weighted by atomic mass is 16.4. The van der Waals surface area contributed by atoms with Crippen LogP contribution in [-0.4, -0.2) is 33.9 Å². The summed E-state index contributed by atoms with van der Waals surface area (Å²) >= 11 is 0. The summed E-state index contributed by atoms with van der Waals surface area (Å²) in [7, 11) is 0. The van der Waals surface area contributed by atoms with E-state index in [4.69, 9.17) is 10.2 Å². The maximum atomic E-state index is 13.5. The van der Waals surface area contributed by atoms with Crippen molar-refractivity contribution in [2.24, 2.45) is 11.1 Å². The van der Waals surface area contributed by atoms with Gasteiger partial charge in [0, 0.05) is 5.56 Å². The number of rotatable bonds is 10. The number of oxazole rings is 1. The molecular weight excluding hydrogens is 430 g/mol. The normalized spacial score (nSPS) is 13.3. The van der Waals surface area contributed by atoms with E-state index in [9.17, 15) is 14.7 Å². The summed E-state index contributed by atoms with van der Waals surface area (Å²) in [6.45, 7) is 5.56. The van der Waals surface area contributed by atoms with E-state index in [1.54, 1.807) is 12.1 Å². The van der Waals surface area contributed by atoms with Gasteiger partial charge in [-0.3, -0.25) is 9.59 Å². The van der Waals surface area contributed by atoms with E-state index in [-0.39, 0.29) is 22.8 Å². The third-order valence-corrected chi connectivity index (χ3v) is 5.46. The maximum Gasteiger partial charge on any atom is 0.237 e. The SMILES string of the molecule is CC(C)(C)CC(N)C(=O)NC(CCc1ccccc1)C(=O)c1oc(-c2ccccc2)nc1CO. The van der Waals surface area contributed by atoms with E-state index >= 15 is 0 Å². The smallest absolute Gasteiger partial charge is 0.237 e. The number of ketones is 1. The molecule has 4 N–H and O–H groups in total. The largest absolute Gasteiger partial charge is 0.433 e. The van der Waals surface area contributed by atoms with Crippen LogP contribution >= 0.6 is 0 Å². The van der Waals surface area contributed by atoms with Gasteiger partial charge in [-0.15, -0.1) is 0 Å². The van der Waals surface area contributed by atoms with Crippen LogP contribution in [0.3, 0.4) is 0 Å². The molecule has 3 rings (SSSR count). The second kappa shape index (κ2) is 11.2. The molecule has 2 unspecified atom stereocenters. The van der Waals surface area contributed by atoms with Crippen molar-refractivity contribution in [2.45, 2.75) is 58.7 Å². The minimum absolute atomic E-state index is 0.0518. The minimum Gasteiger partial charge on any atom is -0.433 e. The second-order valence-electron chi connectivity index (χ2n) is 9.64. The molecule has 2 aromatic carbocycles. The molecule has 0 aliphatic rings. The van der Waals surface area contributed by atoms with E-state index in [1.165, 1.54) is 0 Å². The molecule has 0 saturated carbocycles. The first kappa shape index (κ1) is 25.3. The van der Waals surface area contributed by atoms with Crippen LogP contribution in [0, 0.1) is 5.41 Å². The number of amides is 1. The van der Waals surface area contributed by atoms with Crippen molar-refractivity contribution in [3.8, 4) is 11.5 Å². The number of hydrogen-bond donors (Lipinski definition) is 3. The molecule has 1 aromatic heterocycles. The summed E-state index contributed by atoms with van der Waals surface area (Å²) in [5.74, 6) is -0.643. The van der Waals surface area contributed by atoms with Crippen molar-refractivity contribution in [1.82, 2.24) is 10.3 Å². The number of carbonyl (C=O) groups excluding carboxylic acids is 2. The van der Waals surface area contributed by atoms with Crippen LogP contribution in [0.5, 0.6) is 0 Å². The van der Waals surface area contributed by atoms with Crippen LogP contribution in [0.15, 0.2) is 65.1 Å². The molecule has 1 heterocycles. The highest BCUT2D eigenvalue weighted by Gasteiger charge is 2.31. The average molecular weight is 464 g/mol. The summed E-state index contributed by atoms with van der Waals surface area (Å²) in [6.07, 6.45) is 1.39. The van der Waals surface area contributed by atoms with Crippen molar-refractivity contribution >= 4 is 11.7 Å². The summed E-state index contributed by atoms with van der Waals surface area (Å²) in [6, 6.07) is 17.2. The molecule has 0 radical (unpaired) electrons. The fraction of sp³-hybridized carbons (Fsp3) is 0.370. The molecule has 34 heavy (non-hydrogen) atoms. The summed E-state index contributed by atoms with van der Waals surface area (Å²) in [5.41, 5.74) is 7.86. The average Bonchev–Trinajstić information content (AvgIpc) is 3.26. The molecule has 1 amide bonds. The van der Waals surface area contributed by atoms with Crippen LogP contribution < -0.4 is 11.1 Å². The number of nitrogens with two attached hydrogens (primary N) is 1. The van der Waals surface area contributed by atoms with E-state index < -0.39 is 30.4 Å². The van der Waals surface area contributed by atoms with Crippen molar-refractivity contribution in [3.63, 3.8) is 0 Å². The predicted octanol–water partition coefficient (Wildman–Crippen LogP) is 3.90. The van der Waals surface area contributed by atoms with Crippen molar-refractivity contribution in [1.29, 1.82) is 0 Å². The van der Waals surface area contributed by atoms with E-state index in [0.717, 1.165) is 5.56 Å². The van der Waals surface area contributed by atoms with Gasteiger partial charge in [0.05, 0.1) is 18.7 Å². The van der Waals surface area contributed by atoms with E-state index in [2.05, 4.69) is 10.3 Å². The van der Waals surface area contributed by atoms with Gasteiger partial charge in [-0.05, 0) is 42.4 Å². The molecule has 180 valence electrons. The number of Topliss-reactive ketones (excluding diaryl/α,β-unsaturated/α-hetero) is 1. The van der Waals surface area contributed by atoms with Gasteiger partial charge in [-0.2, -0.15) is 0 Å². The zero-order valence-electron chi connectivity index (χ0n) is 20.0. The molecule has 0 aliphatic heterocycles. The first-order chi connectivity index (χ1) is 16.2. The van der Waals surface area contributed by atoms with Crippen LogP contribution in [0.25, 0.3) is 11.5 Å². The number of aromatic nitrogens is 1. The fourth-order valence-electron chi connectivity index (χ4n) is 3.77. The zero-order chi connectivity index (χ0) is 24.7. The van der Waals surface area contributed by atoms with Crippen LogP contribution in [0.4, 0.5) is 0 Å². The Labute approximate surface area is 200 Å². The number of nitrogens with one attached hydrogen (secondary N) is 1. The second-order valence-corrected chi connectivity index (χ2v) is 9.64. The van der Waals surface area contributed by atoms with Crippen LogP contribution in [-0.2, 0) is 17.8 Å². The Bertz CT molecular complexity index is 1090. The number of nitrogens with zero attached hydrogens (tertiary/aromatic N) is 1. The van der Waals surface area contributed by atoms with Crippen LogP contribution in [0.1, 0.15) is 55.4 Å². The summed E-state index contributed by atoms with van der Waals surface area (Å²) < 4.78 is 5.81. The molecule has 2 atom stereocenters. The van der Waals surface area contributed by atoms with Gasteiger partial charge in [0.25, 0.3) is 0 Å². The van der Waals surface area contributed by atoms with Gasteiger partial charge >= 0.3 is 0 Å². The van der Waals surface area contributed by atoms with Crippen LogP contribution in [0.2, 0.25) is 0 Å². The number of aliphatic hydroxyl groups is 1. The third kappa shape index (κ3) is 6.85. The van der Waals surface area contributed by atoms with Gasteiger partial charge in [0.1, 0.15) is 5.69 Å². The van der Waals surface area contributed by atoms with Crippen molar-refractivity contribution in [3.05, 3.63) is 77.7 Å². The fourth-order valence-corrected chi connectivity index (χ4v) is 3.77. The molecular formula is C27H33N3O4. The van der Waals surface area contributed by atoms with Gasteiger partial charge in [0.15, 0.2) is 5.76 Å². The summed E-state index contributed by atoms with van der Waals surface area (Å²) in [4.78, 5) is 30.7. The molecule has 3 aromatic rings. The molecule has 7 nitrogen and oxygen atoms in total. The Balaban J connectivity index is 1.86. The number of benzene rings is 2. The Hall–Kier alpha value is -3.29. The molecule has 0 bridgehead atoms. The zero-order valence-corrected chi connectivity index (χ0v) is 20.0. The van der Waals surface area contributed by atoms with Crippen molar-refractivity contribution < 1.29 is 19.1 Å². The topological polar surface area (TPSA) is 118 Å². The highest BCUT2D eigenvalue weighted by Crippen LogP contribution is 2.24. The molecule has 0 aliphatic carbocycles. The first-order valence-corrected chi connectivity index (χ1v) is 11.5. The number of aryl methyl sites for hydroxylation is 1. The lowest BCUT2D eigenvalue weighted by atomic mass is 9.88. The maximum absolute atomic E-state index is 13.5. The standard InChI is InChI=1S/C27H33N3O4/c1-27(2,3)16-20(28)25(33)29-21(15-14-18-10-6-4-7-11-18)23(32)24-22(17-31)30-26(34-24)19-12-8-5-9-13-19/h4-13,20-21,31H,14-17,28H2,1-3H3,(H,29,33). The lowest BCUT2D eigenvalue weighted by Gasteiger charge is -2.24. The lowest BCUT2D eigenvalue weighted by Crippen LogP contribution is -2.49. The third-order valence-electron chi connectivity index (χ3n) is 5.46. The van der Waals surface area contributed by atoms with Gasteiger partial charge in [-0.25, -0.2) is 4.98 Å². The van der Waals surface area contributed by atoms with Gasteiger partial charge < -0.3 is 20.6 Å². The minimum atomic E-state index is -0.874.